The maximum absolute atomic E-state index is 12.4. The second kappa shape index (κ2) is 9.86. The Morgan fingerprint density at radius 1 is 1.10 bits per heavy atom. The summed E-state index contributed by atoms with van der Waals surface area (Å²) in [5.74, 6) is -0.445. The number of amides is 2. The predicted octanol–water partition coefficient (Wildman–Crippen LogP) is 0.242. The molecule has 1 aliphatic heterocycles. The Morgan fingerprint density at radius 3 is 2.60 bits per heavy atom. The van der Waals surface area contributed by atoms with Gasteiger partial charge in [-0.25, -0.2) is 9.48 Å². The second-order valence-electron chi connectivity index (χ2n) is 7.09. The maximum Gasteiger partial charge on any atom is 0.346 e. The number of hydrogen-bond donors (Lipinski definition) is 2. The SMILES string of the molecule is COC(=O)CNC(=O)Cc1ccc(NC(=O)Cn2nc3n(c2=O)CCCCC3)cc1. The van der Waals surface area contributed by atoms with Crippen LogP contribution in [0.2, 0.25) is 0 Å². The lowest BCUT2D eigenvalue weighted by Gasteiger charge is -2.07. The van der Waals surface area contributed by atoms with Crippen molar-refractivity contribution in [2.45, 2.75) is 45.2 Å². The molecule has 0 saturated carbocycles. The van der Waals surface area contributed by atoms with Gasteiger partial charge in [-0.2, -0.15) is 5.10 Å². The highest BCUT2D eigenvalue weighted by molar-refractivity contribution is 5.90. The van der Waals surface area contributed by atoms with E-state index in [0.717, 1.165) is 37.1 Å². The molecule has 2 amide bonds. The van der Waals surface area contributed by atoms with Crippen LogP contribution in [0.4, 0.5) is 5.69 Å². The third-order valence-corrected chi connectivity index (χ3v) is 4.83. The molecule has 0 aliphatic carbocycles. The zero-order valence-corrected chi connectivity index (χ0v) is 16.8. The van der Waals surface area contributed by atoms with Crippen LogP contribution in [0, 0.1) is 0 Å². The van der Waals surface area contributed by atoms with Crippen LogP contribution < -0.4 is 16.3 Å². The molecule has 2 N–H and O–H groups in total. The summed E-state index contributed by atoms with van der Waals surface area (Å²) in [7, 11) is 1.25. The standard InChI is InChI=1S/C20H25N5O5/c1-30-19(28)12-21-17(26)11-14-6-8-15(9-7-14)22-18(27)13-25-20(29)24-10-4-2-3-5-16(24)23-25/h6-9H,2-5,10-13H2,1H3,(H,21,26)(H,22,27). The molecule has 3 rings (SSSR count). The van der Waals surface area contributed by atoms with Crippen LogP contribution in [0.1, 0.15) is 30.7 Å². The van der Waals surface area contributed by atoms with Crippen molar-refractivity contribution >= 4 is 23.5 Å². The van der Waals surface area contributed by atoms with Gasteiger partial charge in [0, 0.05) is 18.7 Å². The summed E-state index contributed by atoms with van der Waals surface area (Å²) in [6, 6.07) is 6.76. The van der Waals surface area contributed by atoms with E-state index in [4.69, 9.17) is 0 Å². The average Bonchev–Trinajstić information content (AvgIpc) is 2.89. The summed E-state index contributed by atoms with van der Waals surface area (Å²) in [5.41, 5.74) is 1.02. The molecule has 0 atom stereocenters. The summed E-state index contributed by atoms with van der Waals surface area (Å²) in [6.07, 6.45) is 3.86. The Morgan fingerprint density at radius 2 is 1.87 bits per heavy atom. The second-order valence-corrected chi connectivity index (χ2v) is 7.09. The average molecular weight is 415 g/mol. The van der Waals surface area contributed by atoms with Crippen molar-refractivity contribution in [3.05, 3.63) is 46.1 Å². The minimum atomic E-state index is -0.519. The molecule has 0 unspecified atom stereocenters. The number of aryl methyl sites for hydroxylation is 1. The summed E-state index contributed by atoms with van der Waals surface area (Å²) in [4.78, 5) is 47.6. The fourth-order valence-electron chi connectivity index (χ4n) is 3.26. The fraction of sp³-hybridized carbons (Fsp3) is 0.450. The maximum atomic E-state index is 12.4. The van der Waals surface area contributed by atoms with Gasteiger partial charge in [0.25, 0.3) is 0 Å². The Hall–Kier alpha value is -3.43. The topological polar surface area (TPSA) is 124 Å². The van der Waals surface area contributed by atoms with E-state index in [1.807, 2.05) is 0 Å². The Bertz CT molecular complexity index is 976. The number of hydrogen-bond acceptors (Lipinski definition) is 6. The molecule has 0 fully saturated rings. The van der Waals surface area contributed by atoms with Crippen LogP contribution in [0.3, 0.4) is 0 Å². The van der Waals surface area contributed by atoms with Crippen molar-refractivity contribution < 1.29 is 19.1 Å². The number of fused-ring (bicyclic) bond motifs is 1. The molecule has 0 spiro atoms. The molecule has 1 aromatic heterocycles. The van der Waals surface area contributed by atoms with E-state index >= 15 is 0 Å². The molecule has 30 heavy (non-hydrogen) atoms. The van der Waals surface area contributed by atoms with Crippen LogP contribution in [-0.2, 0) is 45.1 Å². The van der Waals surface area contributed by atoms with Crippen LogP contribution >= 0.6 is 0 Å². The zero-order chi connectivity index (χ0) is 21.5. The number of methoxy groups -OCH3 is 1. The summed E-state index contributed by atoms with van der Waals surface area (Å²) < 4.78 is 7.32. The van der Waals surface area contributed by atoms with Gasteiger partial charge in [-0.05, 0) is 30.5 Å². The van der Waals surface area contributed by atoms with Gasteiger partial charge in [0.1, 0.15) is 18.9 Å². The van der Waals surface area contributed by atoms with E-state index in [9.17, 15) is 19.2 Å². The summed E-state index contributed by atoms with van der Waals surface area (Å²) in [5, 5.41) is 9.49. The van der Waals surface area contributed by atoms with E-state index in [1.165, 1.54) is 11.8 Å². The molecule has 2 heterocycles. The van der Waals surface area contributed by atoms with Gasteiger partial charge in [0.2, 0.25) is 11.8 Å². The third kappa shape index (κ3) is 5.56. The van der Waals surface area contributed by atoms with Crippen molar-refractivity contribution in [3.63, 3.8) is 0 Å². The number of carbonyl (C=O) groups is 3. The Balaban J connectivity index is 1.53. The van der Waals surface area contributed by atoms with Crippen LogP contribution in [0.25, 0.3) is 0 Å². The number of carbonyl (C=O) groups excluding carboxylic acids is 3. The van der Waals surface area contributed by atoms with Crippen LogP contribution in [-0.4, -0.2) is 45.8 Å². The minimum absolute atomic E-state index is 0.0980. The molecule has 10 nitrogen and oxygen atoms in total. The largest absolute Gasteiger partial charge is 0.468 e. The number of ether oxygens (including phenoxy) is 1. The van der Waals surface area contributed by atoms with E-state index in [0.29, 0.717) is 12.2 Å². The van der Waals surface area contributed by atoms with Gasteiger partial charge in [-0.3, -0.25) is 19.0 Å². The van der Waals surface area contributed by atoms with Gasteiger partial charge in [-0.1, -0.05) is 18.6 Å². The predicted molar refractivity (Wildman–Crippen MR) is 108 cm³/mol. The summed E-state index contributed by atoms with van der Waals surface area (Å²) in [6.45, 7) is 0.307. The number of nitrogens with one attached hydrogen (secondary N) is 2. The highest BCUT2D eigenvalue weighted by Crippen LogP contribution is 2.12. The normalized spacial score (nSPS) is 13.1. The van der Waals surface area contributed by atoms with Crippen molar-refractivity contribution in [1.82, 2.24) is 19.7 Å². The first-order valence-corrected chi connectivity index (χ1v) is 9.85. The number of rotatable bonds is 7. The molecule has 0 bridgehead atoms. The van der Waals surface area contributed by atoms with E-state index in [-0.39, 0.29) is 37.0 Å². The Labute approximate surface area is 173 Å². The molecular weight excluding hydrogens is 390 g/mol. The molecule has 0 radical (unpaired) electrons. The van der Waals surface area contributed by atoms with E-state index in [2.05, 4.69) is 20.5 Å². The van der Waals surface area contributed by atoms with Gasteiger partial charge in [0.05, 0.1) is 13.5 Å². The smallest absolute Gasteiger partial charge is 0.346 e. The number of benzene rings is 1. The van der Waals surface area contributed by atoms with Crippen molar-refractivity contribution in [1.29, 1.82) is 0 Å². The summed E-state index contributed by atoms with van der Waals surface area (Å²) >= 11 is 0. The molecule has 1 aliphatic rings. The molecule has 0 saturated heterocycles. The molecule has 10 heteroatoms. The molecular formula is C20H25N5O5. The molecule has 2 aromatic rings. The molecule has 160 valence electrons. The first-order valence-electron chi connectivity index (χ1n) is 9.85. The van der Waals surface area contributed by atoms with Gasteiger partial charge >= 0.3 is 11.7 Å². The monoisotopic (exact) mass is 415 g/mol. The van der Waals surface area contributed by atoms with Crippen molar-refractivity contribution in [3.8, 4) is 0 Å². The van der Waals surface area contributed by atoms with Crippen LogP contribution in [0.5, 0.6) is 0 Å². The number of anilines is 1. The van der Waals surface area contributed by atoms with Crippen molar-refractivity contribution in [2.75, 3.05) is 19.0 Å². The first kappa shape index (κ1) is 21.3. The van der Waals surface area contributed by atoms with Crippen LogP contribution in [0.15, 0.2) is 29.1 Å². The fourth-order valence-corrected chi connectivity index (χ4v) is 3.26. The van der Waals surface area contributed by atoms with Gasteiger partial charge < -0.3 is 15.4 Å². The zero-order valence-electron chi connectivity index (χ0n) is 16.8. The Kier molecular flexibility index (Phi) is 6.99. The van der Waals surface area contributed by atoms with E-state index in [1.54, 1.807) is 28.8 Å². The number of esters is 1. The van der Waals surface area contributed by atoms with Crippen molar-refractivity contribution in [2.24, 2.45) is 0 Å². The highest BCUT2D eigenvalue weighted by atomic mass is 16.5. The lowest BCUT2D eigenvalue weighted by molar-refractivity contribution is -0.141. The molecule has 1 aromatic carbocycles. The minimum Gasteiger partial charge on any atom is -0.468 e. The van der Waals surface area contributed by atoms with Gasteiger partial charge in [-0.15, -0.1) is 0 Å². The quantitative estimate of drug-likeness (QED) is 0.625. The lowest BCUT2D eigenvalue weighted by atomic mass is 10.1. The van der Waals surface area contributed by atoms with Gasteiger partial charge in [0.15, 0.2) is 0 Å². The number of aromatic nitrogens is 3. The highest BCUT2D eigenvalue weighted by Gasteiger charge is 2.17. The third-order valence-electron chi connectivity index (χ3n) is 4.83. The van der Waals surface area contributed by atoms with E-state index < -0.39 is 5.97 Å². The number of nitrogens with zero attached hydrogens (tertiary/aromatic N) is 3. The lowest BCUT2D eigenvalue weighted by Crippen LogP contribution is -2.31. The first-order chi connectivity index (χ1) is 14.5.